The lowest BCUT2D eigenvalue weighted by molar-refractivity contribution is 1.03. The molecule has 0 bridgehead atoms. The Bertz CT molecular complexity index is 578. The second-order valence-electron chi connectivity index (χ2n) is 3.47. The number of hydrogen-bond acceptors (Lipinski definition) is 3. The molecule has 0 aromatic carbocycles. The van der Waals surface area contributed by atoms with E-state index in [1.54, 1.807) is 17.5 Å². The van der Waals surface area contributed by atoms with E-state index in [0.717, 1.165) is 21.4 Å². The van der Waals surface area contributed by atoms with Crippen molar-refractivity contribution < 1.29 is 0 Å². The van der Waals surface area contributed by atoms with Crippen LogP contribution in [0, 0.1) is 6.92 Å². The minimum absolute atomic E-state index is 0.979. The van der Waals surface area contributed by atoms with Gasteiger partial charge in [-0.3, -0.25) is 5.10 Å². The lowest BCUT2D eigenvalue weighted by Crippen LogP contribution is -1.87. The van der Waals surface area contributed by atoms with E-state index in [-0.39, 0.29) is 0 Å². The molecule has 16 heavy (non-hydrogen) atoms. The van der Waals surface area contributed by atoms with Gasteiger partial charge in [0.1, 0.15) is 0 Å². The van der Waals surface area contributed by atoms with E-state index < -0.39 is 0 Å². The number of H-pyrrole nitrogens is 1. The molecule has 0 aliphatic rings. The highest BCUT2D eigenvalue weighted by Gasteiger charge is 2.11. The van der Waals surface area contributed by atoms with E-state index in [1.807, 2.05) is 42.1 Å². The zero-order valence-electron chi connectivity index (χ0n) is 8.71. The number of hydrogen-bond donors (Lipinski definition) is 1. The third-order valence-electron chi connectivity index (χ3n) is 2.36. The average molecular weight is 230 g/mol. The summed E-state index contributed by atoms with van der Waals surface area (Å²) in [4.78, 5) is 5.68. The van der Waals surface area contributed by atoms with Gasteiger partial charge >= 0.3 is 0 Å². The summed E-state index contributed by atoms with van der Waals surface area (Å²) < 4.78 is 2.01. The molecule has 4 nitrogen and oxygen atoms in total. The Morgan fingerprint density at radius 3 is 2.81 bits per heavy atom. The van der Waals surface area contributed by atoms with Crippen LogP contribution < -0.4 is 0 Å². The number of aryl methyl sites for hydroxylation is 1. The van der Waals surface area contributed by atoms with Crippen molar-refractivity contribution in [3.8, 4) is 15.7 Å². The monoisotopic (exact) mass is 230 g/mol. The molecule has 0 fully saturated rings. The van der Waals surface area contributed by atoms with Gasteiger partial charge in [0, 0.05) is 18.6 Å². The van der Waals surface area contributed by atoms with Crippen molar-refractivity contribution >= 4 is 11.3 Å². The summed E-state index contributed by atoms with van der Waals surface area (Å²) in [6.07, 6.45) is 5.74. The lowest BCUT2D eigenvalue weighted by Gasteiger charge is -1.93. The third-order valence-corrected chi connectivity index (χ3v) is 3.56. The molecule has 0 amide bonds. The van der Waals surface area contributed by atoms with Crippen LogP contribution in [-0.4, -0.2) is 19.7 Å². The fraction of sp³-hybridized carbons (Fsp3) is 0.0909. The summed E-state index contributed by atoms with van der Waals surface area (Å²) in [5.74, 6) is 0. The van der Waals surface area contributed by atoms with Crippen LogP contribution in [0.3, 0.4) is 0 Å². The van der Waals surface area contributed by atoms with Crippen LogP contribution in [0.25, 0.3) is 15.7 Å². The van der Waals surface area contributed by atoms with Gasteiger partial charge in [-0.1, -0.05) is 11.3 Å². The largest absolute Gasteiger partial charge is 0.300 e. The van der Waals surface area contributed by atoms with Crippen LogP contribution in [0.15, 0.2) is 36.8 Å². The number of aromatic amines is 1. The van der Waals surface area contributed by atoms with Crippen molar-refractivity contribution in [3.05, 3.63) is 42.5 Å². The maximum absolute atomic E-state index is 4.54. The van der Waals surface area contributed by atoms with Gasteiger partial charge in [0.25, 0.3) is 0 Å². The molecule has 3 aromatic rings. The maximum Gasteiger partial charge on any atom is 0.194 e. The Balaban J connectivity index is 2.09. The topological polar surface area (TPSA) is 46.5 Å². The van der Waals surface area contributed by atoms with Gasteiger partial charge in [-0.15, -0.1) is 0 Å². The molecule has 0 aliphatic carbocycles. The second-order valence-corrected chi connectivity index (χ2v) is 4.45. The molecule has 0 radical (unpaired) electrons. The summed E-state index contributed by atoms with van der Waals surface area (Å²) in [6, 6.07) is 5.94. The van der Waals surface area contributed by atoms with Crippen molar-refractivity contribution in [2.45, 2.75) is 6.92 Å². The van der Waals surface area contributed by atoms with Crippen molar-refractivity contribution in [2.24, 2.45) is 0 Å². The van der Waals surface area contributed by atoms with Gasteiger partial charge in [0.15, 0.2) is 5.13 Å². The predicted octanol–water partition coefficient (Wildman–Crippen LogP) is 2.63. The van der Waals surface area contributed by atoms with Crippen LogP contribution in [0.2, 0.25) is 0 Å². The Hall–Kier alpha value is -1.88. The van der Waals surface area contributed by atoms with Crippen molar-refractivity contribution in [2.75, 3.05) is 0 Å². The van der Waals surface area contributed by atoms with Gasteiger partial charge < -0.3 is 4.57 Å². The molecule has 0 atom stereocenters. The number of nitrogens with zero attached hydrogens (tertiary/aromatic N) is 3. The Morgan fingerprint density at radius 1 is 1.31 bits per heavy atom. The summed E-state index contributed by atoms with van der Waals surface area (Å²) >= 11 is 1.66. The van der Waals surface area contributed by atoms with Crippen molar-refractivity contribution in [1.29, 1.82) is 0 Å². The summed E-state index contributed by atoms with van der Waals surface area (Å²) in [5.41, 5.74) is 2.05. The number of rotatable bonds is 2. The molecule has 5 heteroatoms. The first-order valence-electron chi connectivity index (χ1n) is 4.95. The van der Waals surface area contributed by atoms with Gasteiger partial charge in [-0.05, 0) is 25.1 Å². The minimum atomic E-state index is 0.979. The van der Waals surface area contributed by atoms with E-state index in [1.165, 1.54) is 0 Å². The van der Waals surface area contributed by atoms with Gasteiger partial charge in [-0.2, -0.15) is 5.10 Å². The summed E-state index contributed by atoms with van der Waals surface area (Å²) in [7, 11) is 0. The first kappa shape index (κ1) is 9.35. The fourth-order valence-corrected chi connectivity index (χ4v) is 2.60. The quantitative estimate of drug-likeness (QED) is 0.735. The van der Waals surface area contributed by atoms with E-state index >= 15 is 0 Å². The summed E-state index contributed by atoms with van der Waals surface area (Å²) in [5, 5.41) is 7.90. The molecular weight excluding hydrogens is 220 g/mol. The smallest absolute Gasteiger partial charge is 0.194 e. The number of thiazole rings is 1. The molecule has 3 rings (SSSR count). The average Bonchev–Trinajstić information content (AvgIpc) is 2.97. The van der Waals surface area contributed by atoms with E-state index in [4.69, 9.17) is 0 Å². The molecule has 3 aromatic heterocycles. The van der Waals surface area contributed by atoms with Crippen molar-refractivity contribution in [3.63, 3.8) is 0 Å². The zero-order valence-corrected chi connectivity index (χ0v) is 9.53. The van der Waals surface area contributed by atoms with Crippen LogP contribution in [0.5, 0.6) is 0 Å². The minimum Gasteiger partial charge on any atom is -0.300 e. The second kappa shape index (κ2) is 3.61. The maximum atomic E-state index is 4.54. The van der Waals surface area contributed by atoms with Crippen LogP contribution in [-0.2, 0) is 0 Å². The normalized spacial score (nSPS) is 10.8. The molecular formula is C11H10N4S. The predicted molar refractivity (Wildman–Crippen MR) is 63.8 cm³/mol. The van der Waals surface area contributed by atoms with Crippen LogP contribution in [0.1, 0.15) is 5.69 Å². The highest BCUT2D eigenvalue weighted by atomic mass is 32.1. The molecule has 1 N–H and O–H groups in total. The highest BCUT2D eigenvalue weighted by molar-refractivity contribution is 7.17. The van der Waals surface area contributed by atoms with Crippen LogP contribution in [0.4, 0.5) is 0 Å². The molecule has 0 unspecified atom stereocenters. The van der Waals surface area contributed by atoms with Gasteiger partial charge in [0.05, 0.1) is 16.3 Å². The fourth-order valence-electron chi connectivity index (χ4n) is 1.59. The molecule has 0 spiro atoms. The first-order valence-corrected chi connectivity index (χ1v) is 5.77. The third kappa shape index (κ3) is 1.45. The van der Waals surface area contributed by atoms with Crippen LogP contribution >= 0.6 is 11.3 Å². The molecule has 80 valence electrons. The zero-order chi connectivity index (χ0) is 11.0. The summed E-state index contributed by atoms with van der Waals surface area (Å²) in [6.45, 7) is 2.01. The number of nitrogens with one attached hydrogen (secondary N) is 1. The lowest BCUT2D eigenvalue weighted by atomic mass is 10.3. The molecule has 3 heterocycles. The van der Waals surface area contributed by atoms with Gasteiger partial charge in [-0.25, -0.2) is 4.98 Å². The highest BCUT2D eigenvalue weighted by Crippen LogP contribution is 2.30. The Kier molecular flexibility index (Phi) is 2.11. The molecule has 0 saturated heterocycles. The van der Waals surface area contributed by atoms with Crippen molar-refractivity contribution in [1.82, 2.24) is 19.7 Å². The molecule has 0 aliphatic heterocycles. The number of aromatic nitrogens is 4. The Morgan fingerprint density at radius 2 is 2.12 bits per heavy atom. The molecule has 0 saturated carbocycles. The Labute approximate surface area is 96.6 Å². The van der Waals surface area contributed by atoms with E-state index in [2.05, 4.69) is 15.2 Å². The van der Waals surface area contributed by atoms with E-state index in [9.17, 15) is 0 Å². The standard InChI is InChI=1S/C11H10N4S/c1-8-10(9-4-5-12-14-9)16-11(13-8)15-6-2-3-7-15/h2-7H,1H3,(H,12,14). The van der Waals surface area contributed by atoms with Gasteiger partial charge in [0.2, 0.25) is 0 Å². The van der Waals surface area contributed by atoms with E-state index in [0.29, 0.717) is 0 Å². The SMILES string of the molecule is Cc1nc(-n2cccc2)sc1-c1ccn[nH]1. The first-order chi connectivity index (χ1) is 7.84.